The van der Waals surface area contributed by atoms with E-state index in [1.807, 2.05) is 11.5 Å². The molecule has 1 aromatic heterocycles. The van der Waals surface area contributed by atoms with Crippen LogP contribution in [-0.2, 0) is 16.4 Å². The monoisotopic (exact) mass is 248 g/mol. The van der Waals surface area contributed by atoms with Crippen LogP contribution >= 0.6 is 11.6 Å². The lowest BCUT2D eigenvalue weighted by molar-refractivity contribution is 0.600. The summed E-state index contributed by atoms with van der Waals surface area (Å²) in [5.41, 5.74) is 0.948. The summed E-state index contributed by atoms with van der Waals surface area (Å²) in [5.74, 6) is 0.578. The highest BCUT2D eigenvalue weighted by atomic mass is 35.5. The number of halogens is 1. The topological polar surface area (TPSA) is 52.0 Å². The van der Waals surface area contributed by atoms with Gasteiger partial charge < -0.3 is 4.57 Å². The van der Waals surface area contributed by atoms with Crippen molar-refractivity contribution in [3.8, 4) is 0 Å². The summed E-state index contributed by atoms with van der Waals surface area (Å²) in [6.45, 7) is 2.70. The first kappa shape index (κ1) is 11.0. The molecule has 1 unspecified atom stereocenters. The molecule has 1 fully saturated rings. The van der Waals surface area contributed by atoms with Crippen LogP contribution < -0.4 is 0 Å². The van der Waals surface area contributed by atoms with Crippen LogP contribution in [0.3, 0.4) is 0 Å². The Balaban J connectivity index is 2.31. The highest BCUT2D eigenvalue weighted by Gasteiger charge is 2.31. The van der Waals surface area contributed by atoms with Gasteiger partial charge in [-0.3, -0.25) is 0 Å². The minimum absolute atomic E-state index is 0.0648. The maximum Gasteiger partial charge on any atom is 0.202 e. The second kappa shape index (κ2) is 3.79. The second-order valence-electron chi connectivity index (χ2n) is 3.80. The van der Waals surface area contributed by atoms with Gasteiger partial charge in [0.15, 0.2) is 9.84 Å². The summed E-state index contributed by atoms with van der Waals surface area (Å²) >= 11 is 5.90. The van der Waals surface area contributed by atoms with Crippen molar-refractivity contribution >= 4 is 21.4 Å². The van der Waals surface area contributed by atoms with Crippen LogP contribution in [0.5, 0.6) is 0 Å². The third-order valence-electron chi connectivity index (χ3n) is 2.80. The van der Waals surface area contributed by atoms with Crippen molar-refractivity contribution in [3.05, 3.63) is 17.2 Å². The van der Waals surface area contributed by atoms with Crippen LogP contribution in [0.2, 0.25) is 5.28 Å². The molecule has 84 valence electrons. The van der Waals surface area contributed by atoms with Crippen molar-refractivity contribution in [1.82, 2.24) is 9.55 Å². The molecular weight excluding hydrogens is 236 g/mol. The Bertz CT molecular complexity index is 466. The molecule has 0 aromatic carbocycles. The van der Waals surface area contributed by atoms with Crippen LogP contribution in [0.4, 0.5) is 0 Å². The summed E-state index contributed by atoms with van der Waals surface area (Å²) in [6, 6.07) is 0. The van der Waals surface area contributed by atoms with E-state index in [9.17, 15) is 8.42 Å². The average molecular weight is 249 g/mol. The molecule has 15 heavy (non-hydrogen) atoms. The van der Waals surface area contributed by atoms with Gasteiger partial charge in [-0.05, 0) is 24.9 Å². The summed E-state index contributed by atoms with van der Waals surface area (Å²) in [6.07, 6.45) is 2.38. The molecular formula is C9H13ClN2O2S. The average Bonchev–Trinajstić information content (AvgIpc) is 2.69. The van der Waals surface area contributed by atoms with Crippen molar-refractivity contribution < 1.29 is 8.42 Å². The molecule has 1 aliphatic heterocycles. The molecule has 2 rings (SSSR count). The van der Waals surface area contributed by atoms with Gasteiger partial charge in [-0.15, -0.1) is 0 Å². The maximum atomic E-state index is 11.4. The maximum absolute atomic E-state index is 11.4. The van der Waals surface area contributed by atoms with Crippen LogP contribution in [0.1, 0.15) is 25.0 Å². The lowest BCUT2D eigenvalue weighted by atomic mass is 10.1. The van der Waals surface area contributed by atoms with Gasteiger partial charge in [-0.1, -0.05) is 0 Å². The third-order valence-corrected chi connectivity index (χ3v) is 4.87. The number of imidazole rings is 1. The molecule has 0 amide bonds. The van der Waals surface area contributed by atoms with E-state index >= 15 is 0 Å². The molecule has 2 heterocycles. The number of rotatable bonds is 2. The minimum atomic E-state index is -2.84. The molecule has 1 aromatic rings. The highest BCUT2D eigenvalue weighted by molar-refractivity contribution is 7.91. The predicted octanol–water partition coefficient (Wildman–Crippen LogP) is 1.46. The first-order chi connectivity index (χ1) is 7.03. The van der Waals surface area contributed by atoms with Crippen LogP contribution in [0.25, 0.3) is 0 Å². The van der Waals surface area contributed by atoms with E-state index < -0.39 is 9.84 Å². The number of sulfone groups is 1. The van der Waals surface area contributed by atoms with Crippen LogP contribution in [0, 0.1) is 0 Å². The van der Waals surface area contributed by atoms with Gasteiger partial charge in [-0.2, -0.15) is 0 Å². The Morgan fingerprint density at radius 1 is 1.67 bits per heavy atom. The lowest BCUT2D eigenvalue weighted by Gasteiger charge is -2.10. The summed E-state index contributed by atoms with van der Waals surface area (Å²) in [5, 5.41) is 0.441. The largest absolute Gasteiger partial charge is 0.319 e. The van der Waals surface area contributed by atoms with E-state index in [1.165, 1.54) is 0 Å². The molecule has 0 radical (unpaired) electrons. The fourth-order valence-corrected chi connectivity index (χ4v) is 4.06. The van der Waals surface area contributed by atoms with Crippen LogP contribution in [0.15, 0.2) is 6.20 Å². The van der Waals surface area contributed by atoms with E-state index in [0.29, 0.717) is 11.7 Å². The van der Waals surface area contributed by atoms with E-state index in [0.717, 1.165) is 12.2 Å². The number of hydrogen-bond donors (Lipinski definition) is 0. The Morgan fingerprint density at radius 2 is 2.40 bits per heavy atom. The van der Waals surface area contributed by atoms with Gasteiger partial charge in [0.25, 0.3) is 0 Å². The molecule has 0 N–H and O–H groups in total. The molecule has 0 bridgehead atoms. The summed E-state index contributed by atoms with van der Waals surface area (Å²) in [7, 11) is -2.84. The predicted molar refractivity (Wildman–Crippen MR) is 58.9 cm³/mol. The Morgan fingerprint density at radius 3 is 2.93 bits per heavy atom. The molecule has 1 aliphatic rings. The molecule has 0 saturated carbocycles. The van der Waals surface area contributed by atoms with Gasteiger partial charge in [0.1, 0.15) is 0 Å². The lowest BCUT2D eigenvalue weighted by Crippen LogP contribution is -2.09. The molecule has 0 aliphatic carbocycles. The zero-order valence-corrected chi connectivity index (χ0v) is 10.1. The zero-order chi connectivity index (χ0) is 11.1. The van der Waals surface area contributed by atoms with E-state index in [4.69, 9.17) is 11.6 Å². The fourth-order valence-electron chi connectivity index (χ4n) is 2.03. The number of hydrogen-bond acceptors (Lipinski definition) is 3. The van der Waals surface area contributed by atoms with Crippen molar-refractivity contribution in [2.24, 2.45) is 0 Å². The van der Waals surface area contributed by atoms with Crippen molar-refractivity contribution in [2.45, 2.75) is 25.8 Å². The standard InChI is InChI=1S/C9H13ClN2O2S/c1-2-12-8(5-11-9(12)10)7-3-4-15(13,14)6-7/h5,7H,2-4,6H2,1H3. The summed E-state index contributed by atoms with van der Waals surface area (Å²) in [4.78, 5) is 4.01. The first-order valence-electron chi connectivity index (χ1n) is 4.95. The van der Waals surface area contributed by atoms with Gasteiger partial charge >= 0.3 is 0 Å². The molecule has 0 spiro atoms. The zero-order valence-electron chi connectivity index (χ0n) is 8.48. The minimum Gasteiger partial charge on any atom is -0.319 e. The fraction of sp³-hybridized carbons (Fsp3) is 0.667. The Hall–Kier alpha value is -0.550. The van der Waals surface area contributed by atoms with Crippen molar-refractivity contribution in [3.63, 3.8) is 0 Å². The Labute approximate surface area is 94.2 Å². The van der Waals surface area contributed by atoms with E-state index in [2.05, 4.69) is 4.98 Å². The quantitative estimate of drug-likeness (QED) is 0.796. The number of nitrogens with zero attached hydrogens (tertiary/aromatic N) is 2. The smallest absolute Gasteiger partial charge is 0.202 e. The molecule has 1 saturated heterocycles. The third kappa shape index (κ3) is 2.03. The summed E-state index contributed by atoms with van der Waals surface area (Å²) < 4.78 is 24.6. The Kier molecular flexibility index (Phi) is 2.77. The van der Waals surface area contributed by atoms with Crippen molar-refractivity contribution in [2.75, 3.05) is 11.5 Å². The van der Waals surface area contributed by atoms with E-state index in [1.54, 1.807) is 6.20 Å². The second-order valence-corrected chi connectivity index (χ2v) is 6.36. The molecule has 4 nitrogen and oxygen atoms in total. The van der Waals surface area contributed by atoms with Crippen molar-refractivity contribution in [1.29, 1.82) is 0 Å². The van der Waals surface area contributed by atoms with Gasteiger partial charge in [0.2, 0.25) is 5.28 Å². The van der Waals surface area contributed by atoms with Gasteiger partial charge in [-0.25, -0.2) is 13.4 Å². The molecule has 1 atom stereocenters. The van der Waals surface area contributed by atoms with Gasteiger partial charge in [0.05, 0.1) is 17.7 Å². The molecule has 6 heteroatoms. The van der Waals surface area contributed by atoms with E-state index in [-0.39, 0.29) is 17.4 Å². The van der Waals surface area contributed by atoms with Crippen LogP contribution in [-0.4, -0.2) is 29.5 Å². The normalized spacial score (nSPS) is 24.5. The first-order valence-corrected chi connectivity index (χ1v) is 7.15. The van der Waals surface area contributed by atoms with Gasteiger partial charge in [0, 0.05) is 18.2 Å². The number of aromatic nitrogens is 2. The highest BCUT2D eigenvalue weighted by Crippen LogP contribution is 2.30. The SMILES string of the molecule is CCn1c(C2CCS(=O)(=O)C2)cnc1Cl.